The Bertz CT molecular complexity index is 774. The Morgan fingerprint density at radius 2 is 1.75 bits per heavy atom. The molecule has 0 saturated heterocycles. The van der Waals surface area contributed by atoms with Crippen molar-refractivity contribution in [1.82, 2.24) is 4.98 Å². The van der Waals surface area contributed by atoms with Crippen LogP contribution in [0, 0.1) is 6.92 Å². The van der Waals surface area contributed by atoms with Crippen LogP contribution < -0.4 is 10.6 Å². The molecular weight excluding hydrogens is 310 g/mol. The van der Waals surface area contributed by atoms with E-state index in [1.165, 1.54) is 18.3 Å². The number of para-hydroxylation sites is 1. The maximum absolute atomic E-state index is 12.1. The van der Waals surface area contributed by atoms with Gasteiger partial charge in [0.15, 0.2) is 0 Å². The van der Waals surface area contributed by atoms with Crippen LogP contribution in [-0.4, -0.2) is 29.4 Å². The summed E-state index contributed by atoms with van der Waals surface area (Å²) in [6.45, 7) is 3.65. The average Bonchev–Trinajstić information content (AvgIpc) is 2.57. The smallest absolute Gasteiger partial charge is 0.340 e. The fourth-order valence-corrected chi connectivity index (χ4v) is 1.94. The van der Waals surface area contributed by atoms with Gasteiger partial charge in [-0.25, -0.2) is 9.78 Å². The number of benzene rings is 1. The summed E-state index contributed by atoms with van der Waals surface area (Å²) in [6, 6.07) is 9.79. The molecule has 0 aliphatic heterocycles. The van der Waals surface area contributed by atoms with E-state index in [2.05, 4.69) is 15.6 Å². The maximum atomic E-state index is 12.1. The van der Waals surface area contributed by atoms with Crippen LogP contribution in [0.2, 0.25) is 0 Å². The van der Waals surface area contributed by atoms with E-state index in [9.17, 15) is 14.4 Å². The van der Waals surface area contributed by atoms with Crippen LogP contribution in [0.15, 0.2) is 42.6 Å². The zero-order valence-electron chi connectivity index (χ0n) is 13.3. The largest absolute Gasteiger partial charge is 0.462 e. The van der Waals surface area contributed by atoms with Crippen LogP contribution in [0.4, 0.5) is 11.5 Å². The quantitative estimate of drug-likeness (QED) is 0.662. The Morgan fingerprint density at radius 1 is 1.04 bits per heavy atom. The summed E-state index contributed by atoms with van der Waals surface area (Å²) in [4.78, 5) is 39.9. The maximum Gasteiger partial charge on any atom is 0.340 e. The van der Waals surface area contributed by atoms with E-state index < -0.39 is 17.8 Å². The lowest BCUT2D eigenvalue weighted by Crippen LogP contribution is -2.30. The average molecular weight is 327 g/mol. The first-order chi connectivity index (χ1) is 11.5. The second-order valence-electron chi connectivity index (χ2n) is 4.84. The fourth-order valence-electron chi connectivity index (χ4n) is 1.94. The van der Waals surface area contributed by atoms with Crippen molar-refractivity contribution in [2.75, 3.05) is 17.2 Å². The SMILES string of the molecule is CCOC(=O)c1ccccc1NC(=O)C(=O)Nc1ncccc1C. The Hall–Kier alpha value is -3.22. The molecule has 0 saturated carbocycles. The number of nitrogens with zero attached hydrogens (tertiary/aromatic N) is 1. The van der Waals surface area contributed by atoms with Crippen LogP contribution in [-0.2, 0) is 14.3 Å². The van der Waals surface area contributed by atoms with Gasteiger partial charge in [0.05, 0.1) is 17.9 Å². The Labute approximate surface area is 139 Å². The van der Waals surface area contributed by atoms with Crippen molar-refractivity contribution < 1.29 is 19.1 Å². The van der Waals surface area contributed by atoms with Gasteiger partial charge in [-0.05, 0) is 37.6 Å². The van der Waals surface area contributed by atoms with Gasteiger partial charge in [-0.15, -0.1) is 0 Å². The molecule has 1 aromatic carbocycles. The molecule has 0 spiro atoms. The molecule has 2 aromatic rings. The van der Waals surface area contributed by atoms with Crippen LogP contribution in [0.3, 0.4) is 0 Å². The molecule has 0 fully saturated rings. The number of aryl methyl sites for hydroxylation is 1. The number of hydrogen-bond donors (Lipinski definition) is 2. The summed E-state index contributed by atoms with van der Waals surface area (Å²) in [5.74, 6) is -2.06. The van der Waals surface area contributed by atoms with Crippen LogP contribution >= 0.6 is 0 Å². The lowest BCUT2D eigenvalue weighted by atomic mass is 10.2. The predicted octanol–water partition coefficient (Wildman–Crippen LogP) is 2.14. The third kappa shape index (κ3) is 4.16. The molecule has 0 radical (unpaired) electrons. The molecule has 7 nitrogen and oxygen atoms in total. The van der Waals surface area contributed by atoms with E-state index in [-0.39, 0.29) is 17.9 Å². The summed E-state index contributed by atoms with van der Waals surface area (Å²) < 4.78 is 4.92. The molecule has 124 valence electrons. The van der Waals surface area contributed by atoms with Crippen LogP contribution in [0.1, 0.15) is 22.8 Å². The zero-order valence-corrected chi connectivity index (χ0v) is 13.3. The molecule has 2 N–H and O–H groups in total. The van der Waals surface area contributed by atoms with E-state index >= 15 is 0 Å². The second kappa shape index (κ2) is 7.87. The number of carbonyl (C=O) groups is 3. The number of anilines is 2. The number of esters is 1. The molecule has 1 heterocycles. The van der Waals surface area contributed by atoms with Crippen molar-refractivity contribution in [2.45, 2.75) is 13.8 Å². The predicted molar refractivity (Wildman–Crippen MR) is 88.6 cm³/mol. The lowest BCUT2D eigenvalue weighted by molar-refractivity contribution is -0.133. The Kier molecular flexibility index (Phi) is 5.62. The summed E-state index contributed by atoms with van der Waals surface area (Å²) >= 11 is 0. The number of hydrogen-bond acceptors (Lipinski definition) is 5. The molecule has 0 bridgehead atoms. The molecule has 7 heteroatoms. The minimum atomic E-state index is -0.906. The number of nitrogens with one attached hydrogen (secondary N) is 2. The van der Waals surface area contributed by atoms with Gasteiger partial charge in [-0.3, -0.25) is 9.59 Å². The molecule has 2 rings (SSSR count). The van der Waals surface area contributed by atoms with E-state index in [1.54, 1.807) is 38.1 Å². The topological polar surface area (TPSA) is 97.4 Å². The molecule has 0 unspecified atom stereocenters. The third-order valence-electron chi connectivity index (χ3n) is 3.12. The summed E-state index contributed by atoms with van der Waals surface area (Å²) in [7, 11) is 0. The van der Waals surface area contributed by atoms with Crippen molar-refractivity contribution >= 4 is 29.3 Å². The van der Waals surface area contributed by atoms with Gasteiger partial charge in [0.2, 0.25) is 0 Å². The highest BCUT2D eigenvalue weighted by Gasteiger charge is 2.19. The van der Waals surface area contributed by atoms with Crippen molar-refractivity contribution in [3.05, 3.63) is 53.7 Å². The van der Waals surface area contributed by atoms with E-state index in [1.807, 2.05) is 0 Å². The monoisotopic (exact) mass is 327 g/mol. The van der Waals surface area contributed by atoms with Gasteiger partial charge in [0.25, 0.3) is 0 Å². The molecule has 0 aliphatic rings. The first-order valence-electron chi connectivity index (χ1n) is 7.33. The summed E-state index contributed by atoms with van der Waals surface area (Å²) in [5.41, 5.74) is 1.11. The highest BCUT2D eigenvalue weighted by Crippen LogP contribution is 2.16. The van der Waals surface area contributed by atoms with Gasteiger partial charge in [-0.1, -0.05) is 18.2 Å². The highest BCUT2D eigenvalue weighted by atomic mass is 16.5. The first kappa shape index (κ1) is 17.1. The van der Waals surface area contributed by atoms with E-state index in [4.69, 9.17) is 4.74 Å². The normalized spacial score (nSPS) is 9.92. The van der Waals surface area contributed by atoms with Crippen molar-refractivity contribution in [3.8, 4) is 0 Å². The van der Waals surface area contributed by atoms with Crippen molar-refractivity contribution in [3.63, 3.8) is 0 Å². The standard InChI is InChI=1S/C17H17N3O4/c1-3-24-17(23)12-8-4-5-9-13(12)19-15(21)16(22)20-14-11(2)7-6-10-18-14/h4-10H,3H2,1-2H3,(H,19,21)(H,18,20,22). The Balaban J connectivity index is 2.11. The molecule has 0 atom stereocenters. The van der Waals surface area contributed by atoms with E-state index in [0.29, 0.717) is 5.82 Å². The van der Waals surface area contributed by atoms with Gasteiger partial charge in [0, 0.05) is 6.20 Å². The van der Waals surface area contributed by atoms with Gasteiger partial charge >= 0.3 is 17.8 Å². The first-order valence-corrected chi connectivity index (χ1v) is 7.33. The molecule has 1 aromatic heterocycles. The molecule has 24 heavy (non-hydrogen) atoms. The van der Waals surface area contributed by atoms with Crippen molar-refractivity contribution in [2.24, 2.45) is 0 Å². The number of carbonyl (C=O) groups excluding carboxylic acids is 3. The molecule has 2 amide bonds. The van der Waals surface area contributed by atoms with Gasteiger partial charge in [-0.2, -0.15) is 0 Å². The van der Waals surface area contributed by atoms with Gasteiger partial charge < -0.3 is 15.4 Å². The Morgan fingerprint density at radius 3 is 2.46 bits per heavy atom. The van der Waals surface area contributed by atoms with E-state index in [0.717, 1.165) is 5.56 Å². The lowest BCUT2D eigenvalue weighted by Gasteiger charge is -2.10. The zero-order chi connectivity index (χ0) is 17.5. The van der Waals surface area contributed by atoms with Gasteiger partial charge in [0.1, 0.15) is 5.82 Å². The van der Waals surface area contributed by atoms with Crippen LogP contribution in [0.5, 0.6) is 0 Å². The number of ether oxygens (including phenoxy) is 1. The van der Waals surface area contributed by atoms with Crippen molar-refractivity contribution in [1.29, 1.82) is 0 Å². The minimum Gasteiger partial charge on any atom is -0.462 e. The minimum absolute atomic E-state index is 0.175. The number of amides is 2. The molecule has 0 aliphatic carbocycles. The third-order valence-corrected chi connectivity index (χ3v) is 3.12. The summed E-state index contributed by atoms with van der Waals surface area (Å²) in [5, 5.41) is 4.84. The second-order valence-corrected chi connectivity index (χ2v) is 4.84. The molecular formula is C17H17N3O4. The number of rotatable bonds is 4. The van der Waals surface area contributed by atoms with Crippen LogP contribution in [0.25, 0.3) is 0 Å². The highest BCUT2D eigenvalue weighted by molar-refractivity contribution is 6.43. The number of aromatic nitrogens is 1. The fraction of sp³-hybridized carbons (Fsp3) is 0.176. The number of pyridine rings is 1. The summed E-state index contributed by atoms with van der Waals surface area (Å²) in [6.07, 6.45) is 1.51.